The molecule has 2 aromatic rings. The molecule has 0 radical (unpaired) electrons. The second-order valence-electron chi connectivity index (χ2n) is 3.74. The number of rotatable bonds is 4. The van der Waals surface area contributed by atoms with Crippen LogP contribution in [0.3, 0.4) is 0 Å². The second-order valence-corrected chi connectivity index (χ2v) is 6.94. The Labute approximate surface area is 134 Å². The van der Waals surface area contributed by atoms with Crippen LogP contribution in [0.15, 0.2) is 28.1 Å². The highest BCUT2D eigenvalue weighted by atomic mass is 79.9. The smallest absolute Gasteiger partial charge is 0.406 e. The number of aryl methyl sites for hydroxylation is 1. The molecule has 8 heteroatoms. The van der Waals surface area contributed by atoms with Gasteiger partial charge in [-0.2, -0.15) is 0 Å². The molecular formula is C12H8Br2F3NOS. The fourth-order valence-corrected chi connectivity index (χ4v) is 3.85. The highest BCUT2D eigenvalue weighted by molar-refractivity contribution is 9.11. The zero-order valence-electron chi connectivity index (χ0n) is 9.88. The van der Waals surface area contributed by atoms with Gasteiger partial charge < -0.3 is 4.74 Å². The molecule has 0 saturated heterocycles. The van der Waals surface area contributed by atoms with Crippen LogP contribution >= 0.6 is 43.2 Å². The van der Waals surface area contributed by atoms with Gasteiger partial charge in [0.05, 0.1) is 14.5 Å². The summed E-state index contributed by atoms with van der Waals surface area (Å²) in [4.78, 5) is 4.45. The summed E-state index contributed by atoms with van der Waals surface area (Å²) in [5, 5.41) is 1.77. The highest BCUT2D eigenvalue weighted by Gasteiger charge is 2.31. The van der Waals surface area contributed by atoms with Crippen LogP contribution in [0.1, 0.15) is 5.01 Å². The third-order valence-corrected chi connectivity index (χ3v) is 4.46. The molecule has 0 N–H and O–H groups in total. The Morgan fingerprint density at radius 2 is 1.85 bits per heavy atom. The number of thiazole rings is 1. The molecular weight excluding hydrogens is 423 g/mol. The number of halogens is 5. The Balaban J connectivity index is 2.21. The summed E-state index contributed by atoms with van der Waals surface area (Å²) < 4.78 is 40.9. The van der Waals surface area contributed by atoms with Gasteiger partial charge in [0.1, 0.15) is 5.75 Å². The maximum Gasteiger partial charge on any atom is 0.573 e. The van der Waals surface area contributed by atoms with Crippen molar-refractivity contribution in [3.63, 3.8) is 0 Å². The lowest BCUT2D eigenvalue weighted by molar-refractivity contribution is -0.274. The average molecular weight is 431 g/mol. The predicted octanol–water partition coefficient (Wildman–Crippen LogP) is 5.41. The van der Waals surface area contributed by atoms with Gasteiger partial charge in [-0.05, 0) is 40.2 Å². The van der Waals surface area contributed by atoms with Crippen molar-refractivity contribution in [1.82, 2.24) is 4.98 Å². The van der Waals surface area contributed by atoms with E-state index in [4.69, 9.17) is 0 Å². The van der Waals surface area contributed by atoms with Gasteiger partial charge in [-0.1, -0.05) is 15.9 Å². The molecule has 0 atom stereocenters. The van der Waals surface area contributed by atoms with E-state index in [-0.39, 0.29) is 5.75 Å². The van der Waals surface area contributed by atoms with Crippen LogP contribution in [0.2, 0.25) is 0 Å². The van der Waals surface area contributed by atoms with Gasteiger partial charge >= 0.3 is 6.36 Å². The third kappa shape index (κ3) is 4.20. The summed E-state index contributed by atoms with van der Waals surface area (Å²) in [6.07, 6.45) is -3.87. The number of aromatic nitrogens is 1. The zero-order chi connectivity index (χ0) is 14.8. The first-order valence-corrected chi connectivity index (χ1v) is 8.19. The van der Waals surface area contributed by atoms with E-state index < -0.39 is 6.36 Å². The van der Waals surface area contributed by atoms with E-state index in [0.717, 1.165) is 31.8 Å². The molecule has 1 heterocycles. The number of alkyl halides is 4. The Morgan fingerprint density at radius 3 is 2.40 bits per heavy atom. The first-order chi connectivity index (χ1) is 9.39. The SMILES string of the molecule is FC(F)(F)Oc1ccc(-c2nc(CCBr)sc2Br)cc1. The summed E-state index contributed by atoms with van der Waals surface area (Å²) in [6, 6.07) is 5.66. The van der Waals surface area contributed by atoms with Crippen molar-refractivity contribution in [2.24, 2.45) is 0 Å². The minimum Gasteiger partial charge on any atom is -0.406 e. The molecule has 0 saturated carbocycles. The minimum absolute atomic E-state index is 0.242. The fourth-order valence-electron chi connectivity index (χ4n) is 1.52. The fraction of sp³-hybridized carbons (Fsp3) is 0.250. The average Bonchev–Trinajstić information content (AvgIpc) is 2.70. The molecule has 2 nitrogen and oxygen atoms in total. The topological polar surface area (TPSA) is 22.1 Å². The molecule has 0 aliphatic rings. The number of ether oxygens (including phenoxy) is 1. The molecule has 1 aromatic heterocycles. The van der Waals surface area contributed by atoms with Crippen molar-refractivity contribution >= 4 is 43.2 Å². The molecule has 0 spiro atoms. The van der Waals surface area contributed by atoms with Gasteiger partial charge in [0.25, 0.3) is 0 Å². The van der Waals surface area contributed by atoms with Crippen molar-refractivity contribution in [3.05, 3.63) is 33.1 Å². The van der Waals surface area contributed by atoms with Crippen LogP contribution in [0.25, 0.3) is 11.3 Å². The zero-order valence-corrected chi connectivity index (χ0v) is 13.9. The lowest BCUT2D eigenvalue weighted by atomic mass is 10.2. The Morgan fingerprint density at radius 1 is 1.20 bits per heavy atom. The third-order valence-electron chi connectivity index (χ3n) is 2.30. The van der Waals surface area contributed by atoms with Crippen LogP contribution in [0.5, 0.6) is 5.75 Å². The number of hydrogen-bond acceptors (Lipinski definition) is 3. The van der Waals surface area contributed by atoms with Crippen molar-refractivity contribution in [1.29, 1.82) is 0 Å². The van der Waals surface area contributed by atoms with Crippen molar-refractivity contribution < 1.29 is 17.9 Å². The van der Waals surface area contributed by atoms with E-state index in [1.807, 2.05) is 0 Å². The largest absolute Gasteiger partial charge is 0.573 e. The highest BCUT2D eigenvalue weighted by Crippen LogP contribution is 2.34. The summed E-state index contributed by atoms with van der Waals surface area (Å²) in [7, 11) is 0. The van der Waals surface area contributed by atoms with E-state index >= 15 is 0 Å². The molecule has 0 amide bonds. The molecule has 0 fully saturated rings. The molecule has 0 bridgehead atoms. The number of benzene rings is 1. The van der Waals surface area contributed by atoms with Gasteiger partial charge in [0, 0.05) is 17.3 Å². The van der Waals surface area contributed by atoms with E-state index in [2.05, 4.69) is 41.6 Å². The summed E-state index contributed by atoms with van der Waals surface area (Å²) in [6.45, 7) is 0. The standard InChI is InChI=1S/C12H8Br2F3NOS/c13-6-5-9-18-10(11(14)20-9)7-1-3-8(4-2-7)19-12(15,16)17/h1-4H,5-6H2. The van der Waals surface area contributed by atoms with Crippen LogP contribution in [-0.4, -0.2) is 16.7 Å². The minimum atomic E-state index is -4.67. The lowest BCUT2D eigenvalue weighted by Gasteiger charge is -2.08. The van der Waals surface area contributed by atoms with E-state index in [1.54, 1.807) is 12.1 Å². The molecule has 0 aliphatic heterocycles. The monoisotopic (exact) mass is 429 g/mol. The van der Waals surface area contributed by atoms with Gasteiger partial charge in [-0.25, -0.2) is 4.98 Å². The van der Waals surface area contributed by atoms with E-state index in [1.165, 1.54) is 23.5 Å². The predicted molar refractivity (Wildman–Crippen MR) is 79.4 cm³/mol. The van der Waals surface area contributed by atoms with E-state index in [0.29, 0.717) is 0 Å². The molecule has 1 aromatic carbocycles. The van der Waals surface area contributed by atoms with Crippen LogP contribution in [0.4, 0.5) is 13.2 Å². The van der Waals surface area contributed by atoms with Gasteiger partial charge in [-0.3, -0.25) is 0 Å². The molecule has 0 aliphatic carbocycles. The lowest BCUT2D eigenvalue weighted by Crippen LogP contribution is -2.16. The molecule has 0 unspecified atom stereocenters. The van der Waals surface area contributed by atoms with Gasteiger partial charge in [0.15, 0.2) is 0 Å². The Hall–Kier alpha value is -0.600. The molecule has 108 valence electrons. The van der Waals surface area contributed by atoms with Crippen LogP contribution in [0, 0.1) is 0 Å². The first kappa shape index (κ1) is 15.8. The maximum atomic E-state index is 12.1. The second kappa shape index (κ2) is 6.44. The van der Waals surface area contributed by atoms with Gasteiger partial charge in [0.2, 0.25) is 0 Å². The van der Waals surface area contributed by atoms with Crippen molar-refractivity contribution in [3.8, 4) is 17.0 Å². The number of hydrogen-bond donors (Lipinski definition) is 0. The Bertz CT molecular complexity index is 583. The summed E-state index contributed by atoms with van der Waals surface area (Å²) >= 11 is 8.27. The van der Waals surface area contributed by atoms with Gasteiger partial charge in [-0.15, -0.1) is 24.5 Å². The summed E-state index contributed by atoms with van der Waals surface area (Å²) in [5.41, 5.74) is 1.47. The van der Waals surface area contributed by atoms with E-state index in [9.17, 15) is 13.2 Å². The first-order valence-electron chi connectivity index (χ1n) is 5.46. The van der Waals surface area contributed by atoms with Crippen LogP contribution < -0.4 is 4.74 Å². The molecule has 20 heavy (non-hydrogen) atoms. The maximum absolute atomic E-state index is 12.1. The number of nitrogens with zero attached hydrogens (tertiary/aromatic N) is 1. The molecule has 2 rings (SSSR count). The quantitative estimate of drug-likeness (QED) is 0.605. The Kier molecular flexibility index (Phi) is 5.09. The van der Waals surface area contributed by atoms with Crippen molar-refractivity contribution in [2.75, 3.05) is 5.33 Å². The van der Waals surface area contributed by atoms with Crippen LogP contribution in [-0.2, 0) is 6.42 Å². The van der Waals surface area contributed by atoms with Crippen molar-refractivity contribution in [2.45, 2.75) is 12.8 Å². The summed E-state index contributed by atoms with van der Waals surface area (Å²) in [5.74, 6) is -0.242. The normalized spacial score (nSPS) is 11.7.